The molecule has 1 aromatic carbocycles. The van der Waals surface area contributed by atoms with Crippen LogP contribution in [-0.4, -0.2) is 40.5 Å². The van der Waals surface area contributed by atoms with Gasteiger partial charge in [-0.2, -0.15) is 0 Å². The predicted molar refractivity (Wildman–Crippen MR) is 154 cm³/mol. The molecule has 1 aliphatic rings. The van der Waals surface area contributed by atoms with Crippen LogP contribution in [0.4, 0.5) is 0 Å². The lowest BCUT2D eigenvalue weighted by molar-refractivity contribution is 0.438. The molecule has 3 aromatic heterocycles. The quantitative estimate of drug-likeness (QED) is 0.272. The number of allylic oxidation sites excluding steroid dienone is 1. The highest BCUT2D eigenvalue weighted by atomic mass is 16.1. The van der Waals surface area contributed by atoms with E-state index >= 15 is 0 Å². The van der Waals surface area contributed by atoms with Crippen molar-refractivity contribution in [1.29, 1.82) is 0 Å². The zero-order chi connectivity index (χ0) is 27.2. The Hall–Kier alpha value is -4.01. The maximum Gasteiger partial charge on any atom is 0.334 e. The summed E-state index contributed by atoms with van der Waals surface area (Å²) in [5.41, 5.74) is 3.88. The number of nitrogens with zero attached hydrogens (tertiary/aromatic N) is 7. The second kappa shape index (κ2) is 11.8. The number of aliphatic imine (C=N–C) groups is 1. The van der Waals surface area contributed by atoms with Gasteiger partial charge >= 0.3 is 5.69 Å². The van der Waals surface area contributed by atoms with Crippen LogP contribution in [0.15, 0.2) is 64.8 Å². The Morgan fingerprint density at radius 2 is 1.97 bits per heavy atom. The Balaban J connectivity index is 1.62. The van der Waals surface area contributed by atoms with Crippen molar-refractivity contribution in [3.05, 3.63) is 82.3 Å². The first kappa shape index (κ1) is 26.6. The minimum absolute atomic E-state index is 0.0142. The summed E-state index contributed by atoms with van der Waals surface area (Å²) >= 11 is 0. The number of hydrogen-bond acceptors (Lipinski definition) is 5. The number of H-pyrrole nitrogens is 1. The number of tetrazole rings is 1. The van der Waals surface area contributed by atoms with Crippen LogP contribution in [0.3, 0.4) is 0 Å². The van der Waals surface area contributed by atoms with Gasteiger partial charge in [-0.05, 0) is 65.8 Å². The third-order valence-corrected chi connectivity index (χ3v) is 7.61. The number of benzene rings is 1. The van der Waals surface area contributed by atoms with Crippen LogP contribution >= 0.6 is 0 Å². The molecule has 0 radical (unpaired) electrons. The molecule has 9 nitrogen and oxygen atoms in total. The highest BCUT2D eigenvalue weighted by Crippen LogP contribution is 2.35. The van der Waals surface area contributed by atoms with E-state index in [1.54, 1.807) is 0 Å². The fourth-order valence-electron chi connectivity index (χ4n) is 5.59. The van der Waals surface area contributed by atoms with Gasteiger partial charge in [-0.3, -0.25) is 14.1 Å². The standard InChI is InChI=1S/C30H38N8O/c1-4-7-12-26-21-37(28-23(9-5-2)13-19-36(28)18-6-3)29(39)38(26)22-30(14-16-31-17-15-30)25-11-8-10-24(20-25)27-32-34-35-33-27/h8,10-11,13-14,16-17,19-21H,4-7,9,12,15,18,22H2,1-3H3,(H,32,33,34,35). The van der Waals surface area contributed by atoms with Crippen molar-refractivity contribution >= 4 is 6.21 Å². The van der Waals surface area contributed by atoms with Crippen LogP contribution in [0.25, 0.3) is 17.2 Å². The van der Waals surface area contributed by atoms with Gasteiger partial charge in [0.25, 0.3) is 0 Å². The molecule has 9 heteroatoms. The molecule has 204 valence electrons. The largest absolute Gasteiger partial charge is 0.334 e. The van der Waals surface area contributed by atoms with Crippen LogP contribution in [0.5, 0.6) is 0 Å². The average Bonchev–Trinajstić information content (AvgIpc) is 3.70. The number of imidazole rings is 1. The lowest BCUT2D eigenvalue weighted by atomic mass is 9.76. The molecule has 39 heavy (non-hydrogen) atoms. The topological polar surface area (TPSA) is 98.7 Å². The second-order valence-corrected chi connectivity index (χ2v) is 10.4. The smallest absolute Gasteiger partial charge is 0.334 e. The first-order valence-electron chi connectivity index (χ1n) is 14.1. The van der Waals surface area contributed by atoms with Gasteiger partial charge in [-0.1, -0.05) is 57.9 Å². The molecule has 4 heterocycles. The molecule has 1 atom stereocenters. The number of rotatable bonds is 12. The Bertz CT molecular complexity index is 1480. The summed E-state index contributed by atoms with van der Waals surface area (Å²) in [5.74, 6) is 1.63. The Kier molecular flexibility index (Phi) is 8.05. The number of aromatic nitrogens is 7. The molecule has 1 unspecified atom stereocenters. The molecular weight excluding hydrogens is 488 g/mol. The summed E-state index contributed by atoms with van der Waals surface area (Å²) in [4.78, 5) is 18.7. The van der Waals surface area contributed by atoms with Crippen molar-refractivity contribution in [2.75, 3.05) is 0 Å². The first-order chi connectivity index (χ1) is 19.1. The summed E-state index contributed by atoms with van der Waals surface area (Å²) in [6, 6.07) is 10.4. The van der Waals surface area contributed by atoms with E-state index < -0.39 is 5.41 Å². The molecule has 0 bridgehead atoms. The van der Waals surface area contributed by atoms with Crippen LogP contribution < -0.4 is 5.69 Å². The van der Waals surface area contributed by atoms with Crippen LogP contribution in [0.1, 0.15) is 69.7 Å². The van der Waals surface area contributed by atoms with Gasteiger partial charge in [-0.25, -0.2) is 9.89 Å². The molecule has 1 N–H and O–H groups in total. The summed E-state index contributed by atoms with van der Waals surface area (Å²) in [6.07, 6.45) is 16.8. The number of nitrogens with one attached hydrogen (secondary N) is 1. The number of aryl methyl sites for hydroxylation is 3. The molecule has 5 rings (SSSR count). The Morgan fingerprint density at radius 1 is 1.08 bits per heavy atom. The van der Waals surface area contributed by atoms with Gasteiger partial charge in [0.2, 0.25) is 0 Å². The van der Waals surface area contributed by atoms with Crippen molar-refractivity contribution < 1.29 is 0 Å². The van der Waals surface area contributed by atoms with E-state index in [2.05, 4.69) is 87.6 Å². The summed E-state index contributed by atoms with van der Waals surface area (Å²) in [5, 5.41) is 14.4. The molecule has 0 saturated heterocycles. The third kappa shape index (κ3) is 5.30. The van der Waals surface area contributed by atoms with E-state index in [1.807, 2.05) is 33.7 Å². The Labute approximate surface area is 229 Å². The van der Waals surface area contributed by atoms with Crippen molar-refractivity contribution in [3.8, 4) is 17.2 Å². The predicted octanol–water partition coefficient (Wildman–Crippen LogP) is 5.25. The third-order valence-electron chi connectivity index (χ3n) is 7.61. The van der Waals surface area contributed by atoms with Gasteiger partial charge in [0, 0.05) is 54.6 Å². The number of aromatic amines is 1. The molecule has 0 saturated carbocycles. The van der Waals surface area contributed by atoms with Gasteiger partial charge in [0.05, 0.1) is 0 Å². The zero-order valence-electron chi connectivity index (χ0n) is 23.2. The monoisotopic (exact) mass is 526 g/mol. The fraction of sp³-hybridized carbons (Fsp3) is 0.433. The van der Waals surface area contributed by atoms with Crippen molar-refractivity contribution in [3.63, 3.8) is 0 Å². The Morgan fingerprint density at radius 3 is 2.69 bits per heavy atom. The van der Waals surface area contributed by atoms with Crippen LogP contribution in [-0.2, 0) is 31.3 Å². The fourth-order valence-corrected chi connectivity index (χ4v) is 5.59. The maximum absolute atomic E-state index is 14.3. The average molecular weight is 527 g/mol. The van der Waals surface area contributed by atoms with Gasteiger partial charge in [0.15, 0.2) is 5.82 Å². The van der Waals surface area contributed by atoms with Gasteiger partial charge in [0.1, 0.15) is 5.82 Å². The lowest BCUT2D eigenvalue weighted by Gasteiger charge is -2.32. The highest BCUT2D eigenvalue weighted by Gasteiger charge is 2.33. The molecule has 0 aliphatic carbocycles. The molecule has 0 spiro atoms. The van der Waals surface area contributed by atoms with Crippen LogP contribution in [0.2, 0.25) is 0 Å². The molecule has 1 aliphatic heterocycles. The van der Waals surface area contributed by atoms with E-state index in [0.717, 1.165) is 67.7 Å². The van der Waals surface area contributed by atoms with E-state index in [4.69, 9.17) is 0 Å². The van der Waals surface area contributed by atoms with Gasteiger partial charge in [-0.15, -0.1) is 5.10 Å². The highest BCUT2D eigenvalue weighted by molar-refractivity contribution is 5.65. The van der Waals surface area contributed by atoms with E-state index in [1.165, 1.54) is 5.56 Å². The van der Waals surface area contributed by atoms with Crippen molar-refractivity contribution in [1.82, 2.24) is 34.3 Å². The summed E-state index contributed by atoms with van der Waals surface area (Å²) in [6.45, 7) is 7.96. The first-order valence-corrected chi connectivity index (χ1v) is 14.1. The lowest BCUT2D eigenvalue weighted by Crippen LogP contribution is -2.37. The van der Waals surface area contributed by atoms with Crippen molar-refractivity contribution in [2.45, 2.75) is 84.2 Å². The minimum Gasteiger partial charge on any atom is -0.334 e. The molecule has 0 fully saturated rings. The normalized spacial score (nSPS) is 16.8. The maximum atomic E-state index is 14.3. The summed E-state index contributed by atoms with van der Waals surface area (Å²) in [7, 11) is 0. The number of unbranched alkanes of at least 4 members (excludes halogenated alkanes) is 1. The number of hydrogen-bond donors (Lipinski definition) is 1. The van der Waals surface area contributed by atoms with Gasteiger partial charge < -0.3 is 4.57 Å². The molecular formula is C30H38N8O. The minimum atomic E-state index is -0.431. The van der Waals surface area contributed by atoms with Crippen molar-refractivity contribution in [2.24, 2.45) is 4.99 Å². The van der Waals surface area contributed by atoms with E-state index in [0.29, 0.717) is 18.8 Å². The SMILES string of the molecule is CCCCc1cn(-c2c(CCC)ccn2CCC)c(=O)n1CC1(c2cccc(-c3nnn[nH]3)c2)C=CN=CC1. The zero-order valence-corrected chi connectivity index (χ0v) is 23.2. The summed E-state index contributed by atoms with van der Waals surface area (Å²) < 4.78 is 6.13. The van der Waals surface area contributed by atoms with Crippen LogP contribution in [0, 0.1) is 0 Å². The second-order valence-electron chi connectivity index (χ2n) is 10.4. The molecule has 0 amide bonds. The van der Waals surface area contributed by atoms with E-state index in [-0.39, 0.29) is 5.69 Å². The van der Waals surface area contributed by atoms with E-state index in [9.17, 15) is 4.79 Å². The molecule has 4 aromatic rings.